The fraction of sp³-hybridized carbons (Fsp3) is 0.682. The molecule has 1 spiro atoms. The highest BCUT2D eigenvalue weighted by molar-refractivity contribution is 6.11. The smallest absolute Gasteiger partial charge is 0.161 e. The van der Waals surface area contributed by atoms with Crippen LogP contribution in [0.25, 0.3) is 0 Å². The first kappa shape index (κ1) is 20.0. The molecule has 28 heavy (non-hydrogen) atoms. The average molecular weight is 389 g/mol. The van der Waals surface area contributed by atoms with Crippen LogP contribution in [-0.4, -0.2) is 64.9 Å². The number of ether oxygens (including phenoxy) is 3. The highest BCUT2D eigenvalue weighted by atomic mass is 16.7. The van der Waals surface area contributed by atoms with Gasteiger partial charge in [0.1, 0.15) is 12.2 Å². The fourth-order valence-corrected chi connectivity index (χ4v) is 4.36. The monoisotopic (exact) mass is 389 g/mol. The van der Waals surface area contributed by atoms with Crippen molar-refractivity contribution in [2.45, 2.75) is 88.9 Å². The van der Waals surface area contributed by atoms with Gasteiger partial charge in [0.15, 0.2) is 11.9 Å². The minimum absolute atomic E-state index is 0.242. The van der Waals surface area contributed by atoms with Crippen LogP contribution in [-0.2, 0) is 14.2 Å². The second-order valence-corrected chi connectivity index (χ2v) is 8.23. The zero-order valence-electron chi connectivity index (χ0n) is 16.9. The van der Waals surface area contributed by atoms with Gasteiger partial charge in [-0.15, -0.1) is 0 Å². The van der Waals surface area contributed by atoms with Gasteiger partial charge in [0.05, 0.1) is 24.0 Å². The molecular weight excluding hydrogens is 358 g/mol. The number of rotatable bonds is 6. The summed E-state index contributed by atoms with van der Waals surface area (Å²) in [5.41, 5.74) is 2.84. The number of aliphatic imine (C=N–C) groups is 1. The van der Waals surface area contributed by atoms with Gasteiger partial charge in [0.25, 0.3) is 0 Å². The van der Waals surface area contributed by atoms with E-state index in [9.17, 15) is 10.2 Å². The van der Waals surface area contributed by atoms with Crippen LogP contribution >= 0.6 is 0 Å². The molecule has 6 heteroatoms. The molecule has 1 aliphatic carbocycles. The first-order chi connectivity index (χ1) is 13.4. The number of nitrogens with zero attached hydrogens (tertiary/aromatic N) is 1. The molecule has 7 unspecified atom stereocenters. The van der Waals surface area contributed by atoms with E-state index in [0.717, 1.165) is 29.8 Å². The summed E-state index contributed by atoms with van der Waals surface area (Å²) in [7, 11) is 0. The van der Waals surface area contributed by atoms with Crippen LogP contribution in [0.15, 0.2) is 40.4 Å². The van der Waals surface area contributed by atoms with E-state index in [1.807, 2.05) is 26.8 Å². The molecule has 6 nitrogen and oxygen atoms in total. The fourth-order valence-electron chi connectivity index (χ4n) is 4.36. The molecule has 0 saturated carbocycles. The minimum Gasteiger partial charge on any atom is -0.390 e. The van der Waals surface area contributed by atoms with Gasteiger partial charge in [0, 0.05) is 13.0 Å². The van der Waals surface area contributed by atoms with Crippen LogP contribution in [0.5, 0.6) is 0 Å². The van der Waals surface area contributed by atoms with E-state index < -0.39 is 24.6 Å². The maximum atomic E-state index is 10.5. The van der Waals surface area contributed by atoms with E-state index in [2.05, 4.69) is 23.2 Å². The van der Waals surface area contributed by atoms with Gasteiger partial charge < -0.3 is 24.4 Å². The number of epoxide rings is 1. The van der Waals surface area contributed by atoms with Crippen molar-refractivity contribution in [3.63, 3.8) is 0 Å². The number of allylic oxidation sites excluding steroid dienone is 2. The molecule has 4 aliphatic rings. The Morgan fingerprint density at radius 3 is 2.96 bits per heavy atom. The van der Waals surface area contributed by atoms with Gasteiger partial charge in [-0.05, 0) is 44.8 Å². The molecular formula is C22H31NO5. The Hall–Kier alpha value is -1.31. The number of aliphatic hydroxyl groups is 2. The van der Waals surface area contributed by atoms with E-state index in [1.165, 1.54) is 0 Å². The summed E-state index contributed by atoms with van der Waals surface area (Å²) >= 11 is 0. The predicted octanol–water partition coefficient (Wildman–Crippen LogP) is 2.45. The molecule has 0 aromatic rings. The zero-order chi connectivity index (χ0) is 19.9. The van der Waals surface area contributed by atoms with E-state index >= 15 is 0 Å². The molecule has 0 radical (unpaired) electrons. The third-order valence-corrected chi connectivity index (χ3v) is 6.15. The highest BCUT2D eigenvalue weighted by Crippen LogP contribution is 2.52. The van der Waals surface area contributed by atoms with Crippen LogP contribution in [0.4, 0.5) is 0 Å². The van der Waals surface area contributed by atoms with Gasteiger partial charge >= 0.3 is 0 Å². The van der Waals surface area contributed by atoms with E-state index in [0.29, 0.717) is 19.3 Å². The average Bonchev–Trinajstić information content (AvgIpc) is 3.34. The van der Waals surface area contributed by atoms with Gasteiger partial charge in [-0.3, -0.25) is 4.99 Å². The van der Waals surface area contributed by atoms with Gasteiger partial charge in [-0.2, -0.15) is 0 Å². The topological polar surface area (TPSA) is 83.8 Å². The van der Waals surface area contributed by atoms with E-state index in [1.54, 1.807) is 0 Å². The molecule has 2 fully saturated rings. The Kier molecular flexibility index (Phi) is 5.60. The lowest BCUT2D eigenvalue weighted by atomic mass is 9.91. The normalized spacial score (nSPS) is 40.7. The molecule has 4 rings (SSSR count). The lowest BCUT2D eigenvalue weighted by Crippen LogP contribution is -2.41. The Balaban J connectivity index is 1.48. The molecule has 3 aliphatic heterocycles. The first-order valence-electron chi connectivity index (χ1n) is 10.4. The predicted molar refractivity (Wildman–Crippen MR) is 106 cm³/mol. The maximum Gasteiger partial charge on any atom is 0.161 e. The van der Waals surface area contributed by atoms with Crippen LogP contribution in [0.3, 0.4) is 0 Å². The van der Waals surface area contributed by atoms with Crippen LogP contribution < -0.4 is 0 Å². The van der Waals surface area contributed by atoms with Crippen molar-refractivity contribution in [1.29, 1.82) is 0 Å². The summed E-state index contributed by atoms with van der Waals surface area (Å²) in [6.07, 6.45) is 9.04. The van der Waals surface area contributed by atoms with Crippen molar-refractivity contribution >= 4 is 5.71 Å². The second kappa shape index (κ2) is 7.84. The Labute approximate surface area is 166 Å². The maximum absolute atomic E-state index is 10.5. The summed E-state index contributed by atoms with van der Waals surface area (Å²) in [5, 5.41) is 20.3. The van der Waals surface area contributed by atoms with Gasteiger partial charge in [0.2, 0.25) is 0 Å². The number of aliphatic hydroxyl groups excluding tert-OH is 2. The van der Waals surface area contributed by atoms with E-state index in [4.69, 9.17) is 14.2 Å². The third kappa shape index (κ3) is 3.64. The van der Waals surface area contributed by atoms with Crippen LogP contribution in [0.1, 0.15) is 46.5 Å². The second-order valence-electron chi connectivity index (χ2n) is 8.23. The van der Waals surface area contributed by atoms with Crippen molar-refractivity contribution in [2.24, 2.45) is 4.99 Å². The molecule has 0 amide bonds. The SMILES string of the molecule is CCC(O)C(C=C(C)C=C1C=CC2=NCCC3OC123)OC1CCC(O)C(C)O1. The Morgan fingerprint density at radius 2 is 2.21 bits per heavy atom. The standard InChI is InChI=1S/C22H31NO5/c1-4-16(24)18(27-21-8-6-17(25)14(3)26-21)12-13(2)11-15-5-7-19-22(15)20(28-22)9-10-23-19/h5,7,11-12,14,16-18,20-21,24-25H,4,6,8-10H2,1-3H3. The lowest BCUT2D eigenvalue weighted by Gasteiger charge is -2.34. The molecule has 154 valence electrons. The van der Waals surface area contributed by atoms with Crippen molar-refractivity contribution in [1.82, 2.24) is 0 Å². The van der Waals surface area contributed by atoms with Gasteiger partial charge in [-0.25, -0.2) is 0 Å². The summed E-state index contributed by atoms with van der Waals surface area (Å²) < 4.78 is 17.8. The third-order valence-electron chi connectivity index (χ3n) is 6.15. The molecule has 2 saturated heterocycles. The molecule has 7 atom stereocenters. The van der Waals surface area contributed by atoms with Crippen molar-refractivity contribution in [2.75, 3.05) is 6.54 Å². The Morgan fingerprint density at radius 1 is 1.39 bits per heavy atom. The summed E-state index contributed by atoms with van der Waals surface area (Å²) in [4.78, 5) is 4.60. The summed E-state index contributed by atoms with van der Waals surface area (Å²) in [5.74, 6) is 0. The number of hydrogen-bond donors (Lipinski definition) is 2. The minimum atomic E-state index is -0.617. The van der Waals surface area contributed by atoms with Crippen molar-refractivity contribution in [3.8, 4) is 0 Å². The Bertz CT molecular complexity index is 726. The molecule has 0 aromatic heterocycles. The van der Waals surface area contributed by atoms with E-state index in [-0.39, 0.29) is 17.8 Å². The summed E-state index contributed by atoms with van der Waals surface area (Å²) in [6, 6.07) is 0. The van der Waals surface area contributed by atoms with Crippen molar-refractivity contribution < 1.29 is 24.4 Å². The molecule has 2 N–H and O–H groups in total. The number of hydrogen-bond acceptors (Lipinski definition) is 6. The quantitative estimate of drug-likeness (QED) is 0.682. The van der Waals surface area contributed by atoms with Crippen molar-refractivity contribution in [3.05, 3.63) is 35.5 Å². The zero-order valence-corrected chi connectivity index (χ0v) is 16.9. The van der Waals surface area contributed by atoms with Crippen LogP contribution in [0.2, 0.25) is 0 Å². The highest BCUT2D eigenvalue weighted by Gasteiger charge is 2.64. The lowest BCUT2D eigenvalue weighted by molar-refractivity contribution is -0.238. The molecule has 3 heterocycles. The summed E-state index contributed by atoms with van der Waals surface area (Å²) in [6.45, 7) is 6.63. The molecule has 0 aromatic carbocycles. The molecule has 0 bridgehead atoms. The largest absolute Gasteiger partial charge is 0.390 e. The first-order valence-corrected chi connectivity index (χ1v) is 10.4. The van der Waals surface area contributed by atoms with Crippen LogP contribution in [0, 0.1) is 0 Å². The van der Waals surface area contributed by atoms with Gasteiger partial charge in [-0.1, -0.05) is 30.7 Å².